The Morgan fingerprint density at radius 1 is 1.13 bits per heavy atom. The SMILES string of the molecule is CCO[PH](=O)Nc1ccc(C(=O)NC2CCCCCCC2)cc1. The molecular formula is C17H27N2O3P. The maximum Gasteiger partial charge on any atom is 0.282 e. The molecule has 0 radical (unpaired) electrons. The average Bonchev–Trinajstić information content (AvgIpc) is 2.50. The Morgan fingerprint density at radius 2 is 1.74 bits per heavy atom. The first-order chi connectivity index (χ1) is 11.2. The van der Waals surface area contributed by atoms with Gasteiger partial charge >= 0.3 is 0 Å². The van der Waals surface area contributed by atoms with E-state index in [4.69, 9.17) is 4.52 Å². The quantitative estimate of drug-likeness (QED) is 0.756. The Hall–Kier alpha value is -1.32. The second-order valence-electron chi connectivity index (χ2n) is 5.94. The molecule has 0 heterocycles. The Balaban J connectivity index is 1.87. The van der Waals surface area contributed by atoms with Gasteiger partial charge in [-0.2, -0.15) is 0 Å². The van der Waals surface area contributed by atoms with Crippen LogP contribution in [0.2, 0.25) is 0 Å². The molecule has 0 aromatic heterocycles. The molecule has 0 bridgehead atoms. The highest BCUT2D eigenvalue weighted by molar-refractivity contribution is 7.40. The average molecular weight is 338 g/mol. The third-order valence-electron chi connectivity index (χ3n) is 4.11. The summed E-state index contributed by atoms with van der Waals surface area (Å²) < 4.78 is 16.5. The topological polar surface area (TPSA) is 67.4 Å². The lowest BCUT2D eigenvalue weighted by molar-refractivity contribution is 0.0930. The number of anilines is 1. The summed E-state index contributed by atoms with van der Waals surface area (Å²) in [5.41, 5.74) is 1.33. The first-order valence-corrected chi connectivity index (χ1v) is 9.85. The van der Waals surface area contributed by atoms with E-state index in [1.165, 1.54) is 32.1 Å². The number of rotatable bonds is 6. The van der Waals surface area contributed by atoms with Gasteiger partial charge in [0.2, 0.25) is 0 Å². The lowest BCUT2D eigenvalue weighted by Gasteiger charge is -2.21. The van der Waals surface area contributed by atoms with Gasteiger partial charge < -0.3 is 14.9 Å². The van der Waals surface area contributed by atoms with E-state index < -0.39 is 8.18 Å². The monoisotopic (exact) mass is 338 g/mol. The van der Waals surface area contributed by atoms with Gasteiger partial charge in [0.1, 0.15) is 0 Å². The van der Waals surface area contributed by atoms with E-state index in [0.29, 0.717) is 17.9 Å². The predicted molar refractivity (Wildman–Crippen MR) is 94.3 cm³/mol. The highest BCUT2D eigenvalue weighted by Gasteiger charge is 2.15. The first-order valence-electron chi connectivity index (χ1n) is 8.53. The van der Waals surface area contributed by atoms with Gasteiger partial charge in [0.05, 0.1) is 6.61 Å². The van der Waals surface area contributed by atoms with Crippen LogP contribution >= 0.6 is 8.18 Å². The number of hydrogen-bond donors (Lipinski definition) is 2. The van der Waals surface area contributed by atoms with Gasteiger partial charge in [-0.1, -0.05) is 32.1 Å². The van der Waals surface area contributed by atoms with Crippen molar-refractivity contribution < 1.29 is 13.9 Å². The Morgan fingerprint density at radius 3 is 2.35 bits per heavy atom. The lowest BCUT2D eigenvalue weighted by Crippen LogP contribution is -2.35. The molecule has 1 fully saturated rings. The van der Waals surface area contributed by atoms with E-state index in [-0.39, 0.29) is 11.9 Å². The molecule has 1 aliphatic carbocycles. The smallest absolute Gasteiger partial charge is 0.282 e. The number of carbonyl (C=O) groups excluding carboxylic acids is 1. The highest BCUT2D eigenvalue weighted by Crippen LogP contribution is 2.25. The summed E-state index contributed by atoms with van der Waals surface area (Å²) in [6.45, 7) is 2.21. The van der Waals surface area contributed by atoms with Crippen LogP contribution in [0.4, 0.5) is 5.69 Å². The van der Waals surface area contributed by atoms with Gasteiger partial charge in [-0.25, -0.2) is 0 Å². The summed E-state index contributed by atoms with van der Waals surface area (Å²) in [5.74, 6) is -0.0282. The number of benzene rings is 1. The standard InChI is InChI=1S/C17H27N2O3P/c1-2-22-23(21)19-16-12-10-14(11-13-16)17(20)18-15-8-6-4-3-5-7-9-15/h10-13,15,23H,2-9H2,1H3,(H,18,20)(H,19,21). The van der Waals surface area contributed by atoms with Crippen molar-refractivity contribution in [2.24, 2.45) is 0 Å². The number of carbonyl (C=O) groups is 1. The fourth-order valence-electron chi connectivity index (χ4n) is 2.86. The van der Waals surface area contributed by atoms with Crippen LogP contribution in [-0.4, -0.2) is 18.6 Å². The van der Waals surface area contributed by atoms with Crippen LogP contribution in [-0.2, 0) is 9.09 Å². The molecule has 0 aliphatic heterocycles. The summed E-state index contributed by atoms with van der Waals surface area (Å²) in [7, 11) is -2.26. The Labute approximate surface area is 139 Å². The van der Waals surface area contributed by atoms with Crippen LogP contribution in [0.15, 0.2) is 24.3 Å². The van der Waals surface area contributed by atoms with Crippen LogP contribution < -0.4 is 10.4 Å². The molecule has 1 aliphatic rings. The molecule has 23 heavy (non-hydrogen) atoms. The molecule has 2 rings (SSSR count). The summed E-state index contributed by atoms with van der Waals surface area (Å²) in [5, 5.41) is 5.94. The van der Waals surface area contributed by atoms with E-state index in [9.17, 15) is 9.36 Å². The molecular weight excluding hydrogens is 311 g/mol. The van der Waals surface area contributed by atoms with Gasteiger partial charge in [-0.15, -0.1) is 0 Å². The summed E-state index contributed by atoms with van der Waals surface area (Å²) in [4.78, 5) is 12.3. The Kier molecular flexibility index (Phi) is 7.63. The van der Waals surface area contributed by atoms with Crippen LogP contribution in [0, 0.1) is 0 Å². The molecule has 128 valence electrons. The van der Waals surface area contributed by atoms with Gasteiger partial charge in [-0.3, -0.25) is 9.36 Å². The third kappa shape index (κ3) is 6.36. The first kappa shape index (κ1) is 18.0. The zero-order valence-electron chi connectivity index (χ0n) is 13.8. The normalized spacial score (nSPS) is 17.8. The molecule has 1 amide bonds. The highest BCUT2D eigenvalue weighted by atomic mass is 31.1. The van der Waals surface area contributed by atoms with Crippen LogP contribution in [0.3, 0.4) is 0 Å². The molecule has 6 heteroatoms. The van der Waals surface area contributed by atoms with Crippen molar-refractivity contribution in [1.82, 2.24) is 5.32 Å². The van der Waals surface area contributed by atoms with E-state index in [1.54, 1.807) is 31.2 Å². The zero-order chi connectivity index (χ0) is 16.5. The molecule has 1 unspecified atom stereocenters. The number of nitrogens with one attached hydrogen (secondary N) is 2. The predicted octanol–water partition coefficient (Wildman–Crippen LogP) is 4.37. The summed E-state index contributed by atoms with van der Waals surface area (Å²) >= 11 is 0. The third-order valence-corrected chi connectivity index (χ3v) is 5.15. The minimum Gasteiger partial charge on any atom is -0.349 e. The largest absolute Gasteiger partial charge is 0.349 e. The fraction of sp³-hybridized carbons (Fsp3) is 0.588. The molecule has 1 aromatic rings. The van der Waals surface area contributed by atoms with E-state index in [2.05, 4.69) is 10.4 Å². The minimum absolute atomic E-state index is 0.0282. The van der Waals surface area contributed by atoms with Gasteiger partial charge in [0, 0.05) is 17.3 Å². The summed E-state index contributed by atoms with van der Waals surface area (Å²) in [6, 6.07) is 7.31. The van der Waals surface area contributed by atoms with Crippen molar-refractivity contribution >= 4 is 19.8 Å². The minimum atomic E-state index is -2.26. The Bertz CT molecular complexity index is 511. The van der Waals surface area contributed by atoms with Gasteiger partial charge in [0.25, 0.3) is 14.1 Å². The van der Waals surface area contributed by atoms with Gasteiger partial charge in [0.15, 0.2) is 0 Å². The van der Waals surface area contributed by atoms with E-state index in [1.807, 2.05) is 0 Å². The van der Waals surface area contributed by atoms with Crippen molar-refractivity contribution in [3.05, 3.63) is 29.8 Å². The van der Waals surface area contributed by atoms with Crippen LogP contribution in [0.25, 0.3) is 0 Å². The van der Waals surface area contributed by atoms with Crippen LogP contribution in [0.5, 0.6) is 0 Å². The van der Waals surface area contributed by atoms with Crippen LogP contribution in [0.1, 0.15) is 62.2 Å². The lowest BCUT2D eigenvalue weighted by atomic mass is 9.96. The number of amides is 1. The number of hydrogen-bond acceptors (Lipinski definition) is 3. The zero-order valence-corrected chi connectivity index (χ0v) is 14.8. The van der Waals surface area contributed by atoms with Crippen molar-refractivity contribution in [3.8, 4) is 0 Å². The maximum atomic E-state index is 12.3. The second kappa shape index (κ2) is 9.74. The van der Waals surface area contributed by atoms with Gasteiger partial charge in [-0.05, 0) is 44.0 Å². The molecule has 5 nitrogen and oxygen atoms in total. The van der Waals surface area contributed by atoms with Crippen molar-refractivity contribution in [3.63, 3.8) is 0 Å². The van der Waals surface area contributed by atoms with Crippen molar-refractivity contribution in [2.75, 3.05) is 11.7 Å². The summed E-state index contributed by atoms with van der Waals surface area (Å²) in [6.07, 6.45) is 8.39. The van der Waals surface area contributed by atoms with E-state index >= 15 is 0 Å². The second-order valence-corrected chi connectivity index (χ2v) is 7.05. The molecule has 2 N–H and O–H groups in total. The molecule has 1 atom stereocenters. The van der Waals surface area contributed by atoms with Crippen molar-refractivity contribution in [2.45, 2.75) is 57.9 Å². The van der Waals surface area contributed by atoms with E-state index in [0.717, 1.165) is 12.8 Å². The fourth-order valence-corrected chi connectivity index (χ4v) is 3.60. The molecule has 0 saturated heterocycles. The molecule has 1 saturated carbocycles. The van der Waals surface area contributed by atoms with Crippen molar-refractivity contribution in [1.29, 1.82) is 0 Å². The molecule has 0 spiro atoms. The molecule has 1 aromatic carbocycles. The maximum absolute atomic E-state index is 12.3.